The van der Waals surface area contributed by atoms with Crippen LogP contribution in [0.3, 0.4) is 0 Å². The molecule has 0 spiro atoms. The summed E-state index contributed by atoms with van der Waals surface area (Å²) >= 11 is 0. The monoisotopic (exact) mass is 547 g/mol. The van der Waals surface area contributed by atoms with Gasteiger partial charge in [0.2, 0.25) is 5.91 Å². The minimum Gasteiger partial charge on any atom is -0.478 e. The van der Waals surface area contributed by atoms with Crippen LogP contribution in [0, 0.1) is 17.8 Å². The molecule has 2 unspecified atom stereocenters. The van der Waals surface area contributed by atoms with E-state index in [1.54, 1.807) is 18.3 Å². The van der Waals surface area contributed by atoms with Gasteiger partial charge in [-0.3, -0.25) is 9.48 Å². The lowest BCUT2D eigenvalue weighted by molar-refractivity contribution is -0.118. The Morgan fingerprint density at radius 2 is 1.80 bits per heavy atom. The number of nitrogens with zero attached hydrogens (tertiary/aromatic N) is 2. The predicted molar refractivity (Wildman–Crippen MR) is 163 cm³/mol. The van der Waals surface area contributed by atoms with Crippen LogP contribution < -0.4 is 15.8 Å². The molecular formula is C35H37N3O3. The standard InChI is InChI=1S/C35H37N3O3/c1-23(2)19-31(33-24(3)13-15-26-9-4-6-11-29(26)33)34(39)37-32-20-25(22-38-18-8-17-36-38)14-16-28(32)21-27-10-5-7-12-30(27)35(40)41/h4-12,14-18,20,23-24,31H,13,19,21-22H2,1-3H3,(H,37,39)(H,40,41). The predicted octanol–water partition coefficient (Wildman–Crippen LogP) is 5.49. The first-order valence-corrected chi connectivity index (χ1v) is 14.3. The first kappa shape index (κ1) is 28.1. The third kappa shape index (κ3) is 6.49. The van der Waals surface area contributed by atoms with Gasteiger partial charge in [-0.05, 0) is 75.6 Å². The summed E-state index contributed by atoms with van der Waals surface area (Å²) in [7, 11) is 0. The number of amides is 1. The second-order valence-electron chi connectivity index (χ2n) is 11.4. The molecule has 0 fully saturated rings. The molecule has 1 aliphatic carbocycles. The van der Waals surface area contributed by atoms with Gasteiger partial charge in [0.25, 0.3) is 0 Å². The van der Waals surface area contributed by atoms with Crippen LogP contribution in [-0.4, -0.2) is 26.8 Å². The molecule has 3 aromatic carbocycles. The van der Waals surface area contributed by atoms with E-state index in [0.717, 1.165) is 29.2 Å². The summed E-state index contributed by atoms with van der Waals surface area (Å²) < 4.78 is 1.84. The first-order chi connectivity index (χ1) is 19.8. The lowest BCUT2D eigenvalue weighted by atomic mass is 9.78. The van der Waals surface area contributed by atoms with E-state index < -0.39 is 5.97 Å². The molecule has 6 nitrogen and oxygen atoms in total. The molecule has 210 valence electrons. The third-order valence-electron chi connectivity index (χ3n) is 7.86. The fourth-order valence-corrected chi connectivity index (χ4v) is 5.89. The van der Waals surface area contributed by atoms with Crippen LogP contribution in [0.15, 0.2) is 85.2 Å². The number of rotatable bonds is 10. The largest absolute Gasteiger partial charge is 0.478 e. The van der Waals surface area contributed by atoms with Crippen molar-refractivity contribution in [1.82, 2.24) is 9.78 Å². The number of carbonyl (C=O) groups excluding carboxylic acids is 1. The summed E-state index contributed by atoms with van der Waals surface area (Å²) in [5.41, 5.74) is 4.74. The number of nitrogens with one attached hydrogen (secondary N) is 1. The Hall–Kier alpha value is -4.45. The molecule has 1 heterocycles. The van der Waals surface area contributed by atoms with Gasteiger partial charge in [-0.1, -0.05) is 81.4 Å². The van der Waals surface area contributed by atoms with Gasteiger partial charge >= 0.3 is 5.97 Å². The van der Waals surface area contributed by atoms with Crippen LogP contribution in [0.4, 0.5) is 5.69 Å². The number of fused-ring (bicyclic) bond motifs is 1. The van der Waals surface area contributed by atoms with Gasteiger partial charge in [0, 0.05) is 24.5 Å². The van der Waals surface area contributed by atoms with Crippen molar-refractivity contribution in [3.05, 3.63) is 118 Å². The van der Waals surface area contributed by atoms with Crippen molar-refractivity contribution in [3.63, 3.8) is 0 Å². The molecule has 0 bridgehead atoms. The van der Waals surface area contributed by atoms with Gasteiger partial charge in [0.1, 0.15) is 0 Å². The van der Waals surface area contributed by atoms with Crippen molar-refractivity contribution < 1.29 is 14.7 Å². The molecule has 5 rings (SSSR count). The summed E-state index contributed by atoms with van der Waals surface area (Å²) in [5.74, 6) is -0.685. The van der Waals surface area contributed by atoms with Gasteiger partial charge in [-0.25, -0.2) is 4.79 Å². The maximum Gasteiger partial charge on any atom is 0.335 e. The smallest absolute Gasteiger partial charge is 0.335 e. The van der Waals surface area contributed by atoms with E-state index >= 15 is 0 Å². The first-order valence-electron chi connectivity index (χ1n) is 14.3. The highest BCUT2D eigenvalue weighted by atomic mass is 16.4. The normalized spacial score (nSPS) is 15.2. The zero-order valence-corrected chi connectivity index (χ0v) is 23.9. The van der Waals surface area contributed by atoms with E-state index in [1.807, 2.05) is 59.4 Å². The van der Waals surface area contributed by atoms with Crippen LogP contribution in [0.25, 0.3) is 11.6 Å². The van der Waals surface area contributed by atoms with Gasteiger partial charge < -0.3 is 10.4 Å². The second kappa shape index (κ2) is 12.4. The molecule has 1 amide bonds. The van der Waals surface area contributed by atoms with Crippen LogP contribution in [0.1, 0.15) is 60.7 Å². The topological polar surface area (TPSA) is 84.2 Å². The molecule has 2 N–H and O–H groups in total. The Labute approximate surface area is 241 Å². The molecule has 0 aliphatic heterocycles. The second-order valence-corrected chi connectivity index (χ2v) is 11.4. The van der Waals surface area contributed by atoms with E-state index in [0.29, 0.717) is 30.1 Å². The third-order valence-corrected chi connectivity index (χ3v) is 7.86. The highest BCUT2D eigenvalue weighted by Gasteiger charge is 2.29. The van der Waals surface area contributed by atoms with Crippen LogP contribution in [0.5, 0.6) is 0 Å². The zero-order chi connectivity index (χ0) is 28.9. The average Bonchev–Trinajstić information content (AvgIpc) is 3.46. The Kier molecular flexibility index (Phi) is 8.48. The fourth-order valence-electron chi connectivity index (χ4n) is 5.89. The van der Waals surface area contributed by atoms with E-state index in [-0.39, 0.29) is 23.3 Å². The number of aromatic carboxylic acids is 1. The number of hydrogen-bond donors (Lipinski definition) is 2. The van der Waals surface area contributed by atoms with E-state index in [2.05, 4.69) is 49.4 Å². The van der Waals surface area contributed by atoms with Crippen molar-refractivity contribution >= 4 is 29.2 Å². The van der Waals surface area contributed by atoms with Crippen molar-refractivity contribution in [2.75, 3.05) is 5.32 Å². The lowest BCUT2D eigenvalue weighted by Crippen LogP contribution is -2.38. The average molecular weight is 548 g/mol. The minimum absolute atomic E-state index is 0.0266. The molecule has 1 aromatic heterocycles. The van der Waals surface area contributed by atoms with Crippen molar-refractivity contribution in [3.8, 4) is 0 Å². The summed E-state index contributed by atoms with van der Waals surface area (Å²) in [6.45, 7) is 7.09. The number of benzene rings is 3. The Morgan fingerprint density at radius 3 is 2.56 bits per heavy atom. The highest BCUT2D eigenvalue weighted by molar-refractivity contribution is 5.99. The Bertz CT molecular complexity index is 1670. The SMILES string of the molecule is CC(C)CC(C(=O)Nc1cc(Cn2cccn2)ccc1Cc1ccccc1C(=O)O)C1=c2ccccc2=CCC1C. The fraction of sp³-hybridized carbons (Fsp3) is 0.286. The van der Waals surface area contributed by atoms with Gasteiger partial charge in [-0.2, -0.15) is 5.10 Å². The molecule has 2 atom stereocenters. The maximum absolute atomic E-state index is 14.3. The summed E-state index contributed by atoms with van der Waals surface area (Å²) in [4.78, 5) is 26.2. The molecular weight excluding hydrogens is 510 g/mol. The number of carboxylic acid groups (broad SMARTS) is 1. The van der Waals surface area contributed by atoms with Crippen molar-refractivity contribution in [2.45, 2.75) is 46.6 Å². The molecule has 4 aromatic rings. The Balaban J connectivity index is 1.55. The van der Waals surface area contributed by atoms with Gasteiger partial charge in [-0.15, -0.1) is 0 Å². The number of carboxylic acids is 1. The van der Waals surface area contributed by atoms with E-state index in [9.17, 15) is 14.7 Å². The zero-order valence-electron chi connectivity index (χ0n) is 23.9. The van der Waals surface area contributed by atoms with Crippen molar-refractivity contribution in [2.24, 2.45) is 17.8 Å². The quantitative estimate of drug-likeness (QED) is 0.275. The number of hydrogen-bond acceptors (Lipinski definition) is 3. The van der Waals surface area contributed by atoms with E-state index in [1.165, 1.54) is 10.8 Å². The summed E-state index contributed by atoms with van der Waals surface area (Å²) in [6.07, 6.45) is 7.96. The molecule has 0 saturated heterocycles. The molecule has 6 heteroatoms. The molecule has 41 heavy (non-hydrogen) atoms. The molecule has 0 saturated carbocycles. The van der Waals surface area contributed by atoms with Gasteiger partial charge in [0.15, 0.2) is 0 Å². The van der Waals surface area contributed by atoms with Crippen LogP contribution >= 0.6 is 0 Å². The molecule has 0 radical (unpaired) electrons. The lowest BCUT2D eigenvalue weighted by Gasteiger charge is -2.28. The number of anilines is 1. The van der Waals surface area contributed by atoms with Crippen LogP contribution in [-0.2, 0) is 17.8 Å². The number of aromatic nitrogens is 2. The maximum atomic E-state index is 14.3. The van der Waals surface area contributed by atoms with Crippen molar-refractivity contribution in [1.29, 1.82) is 0 Å². The number of carbonyl (C=O) groups is 2. The van der Waals surface area contributed by atoms with E-state index in [4.69, 9.17) is 0 Å². The highest BCUT2D eigenvalue weighted by Crippen LogP contribution is 2.32. The minimum atomic E-state index is -0.961. The molecule has 1 aliphatic rings. The Morgan fingerprint density at radius 1 is 1.02 bits per heavy atom. The van der Waals surface area contributed by atoms with Gasteiger partial charge in [0.05, 0.1) is 18.0 Å². The summed E-state index contributed by atoms with van der Waals surface area (Å²) in [6, 6.07) is 23.3. The summed E-state index contributed by atoms with van der Waals surface area (Å²) in [5, 5.41) is 19.8. The van der Waals surface area contributed by atoms with Crippen LogP contribution in [0.2, 0.25) is 0 Å².